The van der Waals surface area contributed by atoms with Gasteiger partial charge in [0.2, 0.25) is 0 Å². The van der Waals surface area contributed by atoms with Crippen molar-refractivity contribution in [2.24, 2.45) is 0 Å². The number of nitrogens with one attached hydrogen (secondary N) is 1. The number of hydrogen-bond donors (Lipinski definition) is 1. The van der Waals surface area contributed by atoms with Gasteiger partial charge in [-0.2, -0.15) is 0 Å². The monoisotopic (exact) mass is 278 g/mol. The van der Waals surface area contributed by atoms with Crippen molar-refractivity contribution in [3.63, 3.8) is 0 Å². The van der Waals surface area contributed by atoms with Crippen LogP contribution < -0.4 is 5.32 Å². The van der Waals surface area contributed by atoms with Crippen LogP contribution in [0.1, 0.15) is 11.7 Å². The summed E-state index contributed by atoms with van der Waals surface area (Å²) in [7, 11) is 0. The average molecular weight is 280 g/mol. The standard InChI is InChI=1S/C9H11BrN2O.ClH/c10-7-1-2-8(12-5-7)9-6-13-4-3-11-9;/h1-2,5,9,11H,3-4,6H2;1H/t9-;/m0./s1. The molecule has 3 nitrogen and oxygen atoms in total. The zero-order chi connectivity index (χ0) is 9.10. The summed E-state index contributed by atoms with van der Waals surface area (Å²) in [5, 5.41) is 3.35. The topological polar surface area (TPSA) is 34.1 Å². The fourth-order valence-corrected chi connectivity index (χ4v) is 1.58. The molecule has 0 unspecified atom stereocenters. The van der Waals surface area contributed by atoms with E-state index in [0.29, 0.717) is 6.61 Å². The fourth-order valence-electron chi connectivity index (χ4n) is 1.35. The molecule has 0 spiro atoms. The Balaban J connectivity index is 0.000000980. The third-order valence-electron chi connectivity index (χ3n) is 2.03. The Labute approximate surface area is 97.8 Å². The number of nitrogens with zero attached hydrogens (tertiary/aromatic N) is 1. The molecule has 78 valence electrons. The molecule has 1 saturated heterocycles. The summed E-state index contributed by atoms with van der Waals surface area (Å²) in [5.74, 6) is 0. The maximum Gasteiger partial charge on any atom is 0.0733 e. The van der Waals surface area contributed by atoms with Crippen LogP contribution in [-0.2, 0) is 4.74 Å². The van der Waals surface area contributed by atoms with E-state index in [9.17, 15) is 0 Å². The van der Waals surface area contributed by atoms with E-state index in [1.807, 2.05) is 18.3 Å². The lowest BCUT2D eigenvalue weighted by molar-refractivity contribution is 0.0756. The first-order valence-corrected chi connectivity index (χ1v) is 5.08. The van der Waals surface area contributed by atoms with Gasteiger partial charge in [-0.05, 0) is 28.1 Å². The van der Waals surface area contributed by atoms with E-state index in [-0.39, 0.29) is 18.4 Å². The minimum absolute atomic E-state index is 0. The molecule has 0 amide bonds. The minimum Gasteiger partial charge on any atom is -0.378 e. The van der Waals surface area contributed by atoms with E-state index in [0.717, 1.165) is 23.3 Å². The molecule has 2 rings (SSSR count). The van der Waals surface area contributed by atoms with Gasteiger partial charge < -0.3 is 10.1 Å². The SMILES string of the molecule is Brc1ccc([C@@H]2COCCN2)nc1.Cl. The zero-order valence-electron chi connectivity index (χ0n) is 7.57. The molecule has 2 heterocycles. The molecule has 0 bridgehead atoms. The molecular weight excluding hydrogens is 267 g/mol. The van der Waals surface area contributed by atoms with Crippen molar-refractivity contribution in [1.29, 1.82) is 0 Å². The predicted molar refractivity (Wildman–Crippen MR) is 60.7 cm³/mol. The van der Waals surface area contributed by atoms with Crippen LogP contribution in [0.15, 0.2) is 22.8 Å². The first kappa shape index (κ1) is 11.9. The summed E-state index contributed by atoms with van der Waals surface area (Å²) in [4.78, 5) is 4.31. The highest BCUT2D eigenvalue weighted by molar-refractivity contribution is 9.10. The van der Waals surface area contributed by atoms with Crippen molar-refractivity contribution in [2.45, 2.75) is 6.04 Å². The Bertz CT molecular complexity index is 275. The van der Waals surface area contributed by atoms with Crippen LogP contribution >= 0.6 is 28.3 Å². The largest absolute Gasteiger partial charge is 0.378 e. The van der Waals surface area contributed by atoms with Gasteiger partial charge in [0.1, 0.15) is 0 Å². The van der Waals surface area contributed by atoms with E-state index >= 15 is 0 Å². The van der Waals surface area contributed by atoms with Gasteiger partial charge in [0.15, 0.2) is 0 Å². The van der Waals surface area contributed by atoms with Crippen LogP contribution in [0.25, 0.3) is 0 Å². The highest BCUT2D eigenvalue weighted by atomic mass is 79.9. The fraction of sp³-hybridized carbons (Fsp3) is 0.444. The summed E-state index contributed by atoms with van der Waals surface area (Å²) in [6.45, 7) is 2.42. The molecule has 14 heavy (non-hydrogen) atoms. The van der Waals surface area contributed by atoms with E-state index in [2.05, 4.69) is 26.2 Å². The second-order valence-electron chi connectivity index (χ2n) is 2.98. The third kappa shape index (κ3) is 2.92. The maximum absolute atomic E-state index is 5.35. The lowest BCUT2D eigenvalue weighted by Gasteiger charge is -2.23. The molecule has 1 aromatic heterocycles. The number of hydrogen-bond acceptors (Lipinski definition) is 3. The van der Waals surface area contributed by atoms with Crippen LogP contribution in [0.2, 0.25) is 0 Å². The van der Waals surface area contributed by atoms with Gasteiger partial charge in [-0.1, -0.05) is 0 Å². The molecular formula is C9H12BrClN2O. The number of rotatable bonds is 1. The molecule has 1 N–H and O–H groups in total. The van der Waals surface area contributed by atoms with Gasteiger partial charge >= 0.3 is 0 Å². The van der Waals surface area contributed by atoms with Crippen LogP contribution in [0.3, 0.4) is 0 Å². The lowest BCUT2D eigenvalue weighted by atomic mass is 10.2. The summed E-state index contributed by atoms with van der Waals surface area (Å²) in [6, 6.07) is 4.26. The number of aromatic nitrogens is 1. The van der Waals surface area contributed by atoms with E-state index in [1.165, 1.54) is 0 Å². The molecule has 0 aromatic carbocycles. The second-order valence-corrected chi connectivity index (χ2v) is 3.90. The summed E-state index contributed by atoms with van der Waals surface area (Å²) in [5.41, 5.74) is 1.04. The number of halogens is 2. The highest BCUT2D eigenvalue weighted by Gasteiger charge is 2.15. The summed E-state index contributed by atoms with van der Waals surface area (Å²) < 4.78 is 6.36. The molecule has 0 saturated carbocycles. The first-order valence-electron chi connectivity index (χ1n) is 4.29. The van der Waals surface area contributed by atoms with Crippen molar-refractivity contribution in [1.82, 2.24) is 10.3 Å². The van der Waals surface area contributed by atoms with Crippen LogP contribution in [0.4, 0.5) is 0 Å². The molecule has 1 fully saturated rings. The zero-order valence-corrected chi connectivity index (χ0v) is 9.97. The second kappa shape index (κ2) is 5.66. The molecule has 1 aliphatic heterocycles. The molecule has 5 heteroatoms. The average Bonchev–Trinajstić information content (AvgIpc) is 2.20. The number of ether oxygens (including phenoxy) is 1. The van der Waals surface area contributed by atoms with Crippen molar-refractivity contribution < 1.29 is 4.74 Å². The first-order chi connectivity index (χ1) is 6.36. The van der Waals surface area contributed by atoms with Crippen molar-refractivity contribution in [2.75, 3.05) is 19.8 Å². The Morgan fingerprint density at radius 2 is 2.36 bits per heavy atom. The molecule has 1 aromatic rings. The Hall–Kier alpha value is -0.160. The smallest absolute Gasteiger partial charge is 0.0733 e. The third-order valence-corrected chi connectivity index (χ3v) is 2.50. The minimum atomic E-state index is 0. The molecule has 0 aliphatic carbocycles. The van der Waals surface area contributed by atoms with Crippen LogP contribution in [-0.4, -0.2) is 24.7 Å². The van der Waals surface area contributed by atoms with Gasteiger partial charge in [-0.15, -0.1) is 12.4 Å². The highest BCUT2D eigenvalue weighted by Crippen LogP contribution is 2.15. The van der Waals surface area contributed by atoms with Crippen molar-refractivity contribution >= 4 is 28.3 Å². The molecule has 1 aliphatic rings. The van der Waals surface area contributed by atoms with Gasteiger partial charge in [-0.3, -0.25) is 4.98 Å². The molecule has 0 radical (unpaired) electrons. The Morgan fingerprint density at radius 3 is 2.93 bits per heavy atom. The van der Waals surface area contributed by atoms with Gasteiger partial charge in [0, 0.05) is 17.2 Å². The van der Waals surface area contributed by atoms with Crippen LogP contribution in [0, 0.1) is 0 Å². The van der Waals surface area contributed by atoms with Crippen LogP contribution in [0.5, 0.6) is 0 Å². The molecule has 1 atom stereocenters. The van der Waals surface area contributed by atoms with E-state index < -0.39 is 0 Å². The normalized spacial score (nSPS) is 21.4. The number of morpholine rings is 1. The number of pyridine rings is 1. The van der Waals surface area contributed by atoms with Gasteiger partial charge in [0.25, 0.3) is 0 Å². The lowest BCUT2D eigenvalue weighted by Crippen LogP contribution is -2.34. The van der Waals surface area contributed by atoms with Gasteiger partial charge in [-0.25, -0.2) is 0 Å². The van der Waals surface area contributed by atoms with Crippen molar-refractivity contribution in [3.8, 4) is 0 Å². The summed E-state index contributed by atoms with van der Waals surface area (Å²) in [6.07, 6.45) is 1.81. The van der Waals surface area contributed by atoms with Gasteiger partial charge in [0.05, 0.1) is 24.9 Å². The predicted octanol–water partition coefficient (Wildman–Crippen LogP) is 1.93. The van der Waals surface area contributed by atoms with E-state index in [1.54, 1.807) is 0 Å². The summed E-state index contributed by atoms with van der Waals surface area (Å²) >= 11 is 3.36. The maximum atomic E-state index is 5.35. The Morgan fingerprint density at radius 1 is 1.50 bits per heavy atom. The van der Waals surface area contributed by atoms with E-state index in [4.69, 9.17) is 4.74 Å². The Kier molecular flexibility index (Phi) is 4.81. The van der Waals surface area contributed by atoms with Crippen molar-refractivity contribution in [3.05, 3.63) is 28.5 Å². The quantitative estimate of drug-likeness (QED) is 0.853.